The lowest BCUT2D eigenvalue weighted by Crippen LogP contribution is -2.53. The predicted molar refractivity (Wildman–Crippen MR) is 198 cm³/mol. The number of nitrogens with one attached hydrogen (secondary N) is 1. The number of amides is 1. The molecule has 2 atom stereocenters. The van der Waals surface area contributed by atoms with Gasteiger partial charge in [0, 0.05) is 18.5 Å². The number of hydrogen-bond donors (Lipinski definition) is 1. The standard InChI is InChI=1S/C40H39Cl2F2N3O7.H2O/c41-30-19-45-20-31(42)29(30)18-35(27-10-11-34(53-39(43)44)36(17-27)51-23-24-8-9-24)52-38(49)28-5-3-4-25(16-28)21-47(32-6-1-2-7-33(32)48)40(50)54-37-22-46-14-12-26(37)13-15-46;/h1-7,10-11,16-17,19-20,24,26,35,37,39,48H,8-9,12-15,18,21-23H2;1H2/t35-,37-;/m0./s1. The molecule has 3 aromatic carbocycles. The number of esters is 1. The molecule has 0 radical (unpaired) electrons. The van der Waals surface area contributed by atoms with Crippen LogP contribution in [0.1, 0.15) is 58.8 Å². The summed E-state index contributed by atoms with van der Waals surface area (Å²) in [5.74, 6) is -0.230. The second-order valence-corrected chi connectivity index (χ2v) is 14.7. The number of anilines is 1. The van der Waals surface area contributed by atoms with E-state index in [0.29, 0.717) is 45.8 Å². The molecule has 4 aliphatic rings. The van der Waals surface area contributed by atoms with Gasteiger partial charge in [-0.25, -0.2) is 14.6 Å². The zero-order chi connectivity index (χ0) is 37.8. The third kappa shape index (κ3) is 9.95. The van der Waals surface area contributed by atoms with E-state index in [9.17, 15) is 23.5 Å². The molecule has 3 aliphatic heterocycles. The van der Waals surface area contributed by atoms with Crippen molar-refractivity contribution < 1.29 is 52.9 Å². The first-order valence-electron chi connectivity index (χ1n) is 17.9. The quantitative estimate of drug-likeness (QED) is 0.125. The van der Waals surface area contributed by atoms with Crippen molar-refractivity contribution in [2.75, 3.05) is 31.1 Å². The van der Waals surface area contributed by atoms with E-state index in [4.69, 9.17) is 42.1 Å². The molecule has 2 bridgehead atoms. The molecule has 1 aliphatic carbocycles. The third-order valence-corrected chi connectivity index (χ3v) is 10.8. The van der Waals surface area contributed by atoms with Crippen molar-refractivity contribution in [3.8, 4) is 17.2 Å². The number of alkyl halides is 2. The minimum absolute atomic E-state index is 0. The molecule has 292 valence electrons. The van der Waals surface area contributed by atoms with Crippen LogP contribution in [0, 0.1) is 11.8 Å². The van der Waals surface area contributed by atoms with Crippen LogP contribution in [-0.2, 0) is 22.4 Å². The van der Waals surface area contributed by atoms with Crippen LogP contribution in [0.2, 0.25) is 10.0 Å². The lowest BCUT2D eigenvalue weighted by molar-refractivity contribution is -0.377. The number of benzene rings is 3. The van der Waals surface area contributed by atoms with Crippen molar-refractivity contribution in [3.05, 3.63) is 111 Å². The summed E-state index contributed by atoms with van der Waals surface area (Å²) in [7, 11) is 0. The third-order valence-electron chi connectivity index (χ3n) is 10.1. The Morgan fingerprint density at radius 1 is 0.945 bits per heavy atom. The summed E-state index contributed by atoms with van der Waals surface area (Å²) in [5.41, 5.74) is 1.96. The van der Waals surface area contributed by atoms with E-state index in [2.05, 4.69) is 9.88 Å². The van der Waals surface area contributed by atoms with Gasteiger partial charge in [-0.15, -0.1) is 0 Å². The average Bonchev–Trinajstić information content (AvgIpc) is 4.00. The van der Waals surface area contributed by atoms with Gasteiger partial charge in [-0.2, -0.15) is 8.78 Å². The predicted octanol–water partition coefficient (Wildman–Crippen LogP) is 8.10. The molecule has 8 rings (SSSR count). The lowest BCUT2D eigenvalue weighted by Gasteiger charge is -2.44. The van der Waals surface area contributed by atoms with Gasteiger partial charge in [0.2, 0.25) is 0 Å². The number of fused-ring (bicyclic) bond motifs is 3. The highest BCUT2D eigenvalue weighted by Gasteiger charge is 2.38. The van der Waals surface area contributed by atoms with Gasteiger partial charge in [-0.3, -0.25) is 9.80 Å². The number of H-pyrrole nitrogens is 1. The minimum atomic E-state index is -3.07. The van der Waals surface area contributed by atoms with Crippen molar-refractivity contribution in [2.24, 2.45) is 11.8 Å². The zero-order valence-corrected chi connectivity index (χ0v) is 31.2. The summed E-state index contributed by atoms with van der Waals surface area (Å²) in [6.07, 6.45) is 5.18. The van der Waals surface area contributed by atoms with Crippen LogP contribution in [0.25, 0.3) is 0 Å². The van der Waals surface area contributed by atoms with E-state index in [1.807, 2.05) is 0 Å². The first-order valence-corrected chi connectivity index (χ1v) is 18.7. The maximum Gasteiger partial charge on any atom is 0.415 e. The first-order chi connectivity index (χ1) is 26.1. The van der Waals surface area contributed by atoms with E-state index in [0.717, 1.165) is 38.8 Å². The van der Waals surface area contributed by atoms with Gasteiger partial charge in [-0.05, 0) is 98.1 Å². The first kappa shape index (κ1) is 40.0. The molecule has 0 spiro atoms. The number of pyridine rings is 1. The van der Waals surface area contributed by atoms with E-state index >= 15 is 0 Å². The number of aromatic amines is 1. The summed E-state index contributed by atoms with van der Waals surface area (Å²) in [4.78, 5) is 34.2. The van der Waals surface area contributed by atoms with Crippen LogP contribution in [0.3, 0.4) is 0 Å². The number of carbonyl (C=O) groups is 2. The number of para-hydroxylation sites is 2. The number of rotatable bonds is 14. The molecular formula is C40H41Cl2F2N3O8. The number of phenolic OH excluding ortho intramolecular Hbond substituents is 1. The molecule has 4 aromatic rings. The Kier molecular flexibility index (Phi) is 13.0. The summed E-state index contributed by atoms with van der Waals surface area (Å²) in [6.45, 7) is -0.102. The van der Waals surface area contributed by atoms with Crippen LogP contribution >= 0.6 is 23.2 Å². The monoisotopic (exact) mass is 799 g/mol. The number of aromatic hydroxyl groups is 1. The average molecular weight is 801 g/mol. The number of ether oxygens (including phenoxy) is 4. The van der Waals surface area contributed by atoms with Crippen LogP contribution < -0.4 is 19.4 Å². The van der Waals surface area contributed by atoms with Crippen molar-refractivity contribution in [1.29, 1.82) is 0 Å². The van der Waals surface area contributed by atoms with Gasteiger partial charge in [-0.1, -0.05) is 53.5 Å². The van der Waals surface area contributed by atoms with E-state index in [1.54, 1.807) is 54.9 Å². The fourth-order valence-electron chi connectivity index (χ4n) is 6.96. The molecule has 4 heterocycles. The molecule has 4 fully saturated rings. The maximum atomic E-state index is 13.9. The van der Waals surface area contributed by atoms with Crippen molar-refractivity contribution in [3.63, 3.8) is 0 Å². The smallest absolute Gasteiger partial charge is 0.415 e. The Morgan fingerprint density at radius 2 is 1.69 bits per heavy atom. The molecular weight excluding hydrogens is 759 g/mol. The van der Waals surface area contributed by atoms with Gasteiger partial charge < -0.3 is 29.5 Å². The molecule has 11 nitrogen and oxygen atoms in total. The molecule has 0 unspecified atom stereocenters. The SMILES string of the molecule is O=C(O[C@@H](Cc1c(Cl)c[nH+]cc1Cl)c1ccc(OC(F)F)c(OCC2CC2)c1)c1cccc(CN(C(=O)O[C@H]2CN3CCC2CC3)c2ccccc2O)c1.[OH-]. The van der Waals surface area contributed by atoms with Crippen LogP contribution in [-0.4, -0.2) is 66.5 Å². The van der Waals surface area contributed by atoms with Gasteiger partial charge in [0.1, 0.15) is 28.0 Å². The largest absolute Gasteiger partial charge is 0.870 e. The summed E-state index contributed by atoms with van der Waals surface area (Å²) in [5, 5.41) is 11.4. The number of nitrogens with zero attached hydrogens (tertiary/aromatic N) is 2. The Morgan fingerprint density at radius 3 is 2.36 bits per heavy atom. The highest BCUT2D eigenvalue weighted by molar-refractivity contribution is 6.35. The Balaban J connectivity index is 0.00000514. The van der Waals surface area contributed by atoms with Crippen LogP contribution in [0.4, 0.5) is 19.3 Å². The van der Waals surface area contributed by atoms with Crippen LogP contribution in [0.15, 0.2) is 79.1 Å². The Labute approximate surface area is 327 Å². The maximum absolute atomic E-state index is 13.9. The summed E-state index contributed by atoms with van der Waals surface area (Å²) in [6, 6.07) is 17.5. The minimum Gasteiger partial charge on any atom is -0.870 e. The van der Waals surface area contributed by atoms with Gasteiger partial charge in [0.05, 0.1) is 24.4 Å². The van der Waals surface area contributed by atoms with E-state index < -0.39 is 24.8 Å². The molecule has 15 heteroatoms. The van der Waals surface area contributed by atoms with E-state index in [1.165, 1.54) is 29.2 Å². The van der Waals surface area contributed by atoms with Crippen molar-refractivity contribution in [1.82, 2.24) is 4.90 Å². The summed E-state index contributed by atoms with van der Waals surface area (Å²) >= 11 is 13.0. The molecule has 1 amide bonds. The molecule has 3 saturated heterocycles. The van der Waals surface area contributed by atoms with Gasteiger partial charge >= 0.3 is 18.7 Å². The van der Waals surface area contributed by atoms with E-state index in [-0.39, 0.29) is 59.0 Å². The molecule has 3 N–H and O–H groups in total. The van der Waals surface area contributed by atoms with Crippen molar-refractivity contribution in [2.45, 2.75) is 57.5 Å². The number of aromatic nitrogens is 1. The molecule has 55 heavy (non-hydrogen) atoms. The number of halogens is 4. The highest BCUT2D eigenvalue weighted by Crippen LogP contribution is 2.38. The fraction of sp³-hybridized carbons (Fsp3) is 0.375. The second kappa shape index (κ2) is 17.8. The Hall–Kier alpha value is -4.69. The topological polar surface area (TPSA) is 142 Å². The van der Waals surface area contributed by atoms with Crippen molar-refractivity contribution >= 4 is 41.0 Å². The summed E-state index contributed by atoms with van der Waals surface area (Å²) < 4.78 is 49.4. The highest BCUT2D eigenvalue weighted by atomic mass is 35.5. The van der Waals surface area contributed by atoms with Gasteiger partial charge in [0.25, 0.3) is 0 Å². The van der Waals surface area contributed by atoms with Crippen LogP contribution in [0.5, 0.6) is 17.2 Å². The Bertz CT molecular complexity index is 1960. The number of phenols is 1. The fourth-order valence-corrected chi connectivity index (χ4v) is 7.49. The second-order valence-electron chi connectivity index (χ2n) is 13.9. The molecule has 1 saturated carbocycles. The number of hydrogen-bond acceptors (Lipinski definition) is 9. The normalized spacial score (nSPS) is 19.3. The molecule has 1 aromatic heterocycles. The number of carbonyl (C=O) groups excluding carboxylic acids is 2. The zero-order valence-electron chi connectivity index (χ0n) is 29.7. The van der Waals surface area contributed by atoms with Gasteiger partial charge in [0.15, 0.2) is 23.9 Å². The number of piperidine rings is 3. The lowest BCUT2D eigenvalue weighted by atomic mass is 9.86.